The molecule has 4 nitrogen and oxygen atoms in total. The molecule has 1 N–H and O–H groups in total. The highest BCUT2D eigenvalue weighted by molar-refractivity contribution is 7.99. The van der Waals surface area contributed by atoms with E-state index in [0.29, 0.717) is 10.6 Å². The Labute approximate surface area is 163 Å². The molecule has 0 aliphatic carbocycles. The molecule has 8 heteroatoms. The van der Waals surface area contributed by atoms with Crippen LogP contribution in [0.15, 0.2) is 53.7 Å². The Hall–Kier alpha value is -2.09. The minimum Gasteiger partial charge on any atom is -0.330 e. The summed E-state index contributed by atoms with van der Waals surface area (Å²) in [7, 11) is 0. The van der Waals surface area contributed by atoms with Gasteiger partial charge in [-0.05, 0) is 42.5 Å². The number of carbonyl (C=O) groups is 1. The molecular weight excluding hydrogens is 393 g/mol. The maximum atomic E-state index is 13.1. The first kappa shape index (κ1) is 17.3. The summed E-state index contributed by atoms with van der Waals surface area (Å²) in [6, 6.07) is 11.5. The van der Waals surface area contributed by atoms with Gasteiger partial charge in [0.05, 0.1) is 26.3 Å². The predicted molar refractivity (Wildman–Crippen MR) is 106 cm³/mol. The Kier molecular flexibility index (Phi) is 4.84. The molecule has 0 saturated carbocycles. The largest absolute Gasteiger partial charge is 0.330 e. The van der Waals surface area contributed by atoms with E-state index in [1.165, 1.54) is 29.5 Å². The fourth-order valence-corrected chi connectivity index (χ4v) is 4.74. The zero-order valence-corrected chi connectivity index (χ0v) is 15.8. The van der Waals surface area contributed by atoms with Crippen molar-refractivity contribution in [3.05, 3.63) is 64.4 Å². The second-order valence-corrected chi connectivity index (χ2v) is 8.10. The molecule has 1 aliphatic heterocycles. The first-order chi connectivity index (χ1) is 12.6. The van der Waals surface area contributed by atoms with Crippen LogP contribution < -0.4 is 10.2 Å². The summed E-state index contributed by atoms with van der Waals surface area (Å²) in [5.74, 6) is 0.225. The van der Waals surface area contributed by atoms with Gasteiger partial charge < -0.3 is 10.2 Å². The summed E-state index contributed by atoms with van der Waals surface area (Å²) in [6.45, 7) is 0.856. The lowest BCUT2D eigenvalue weighted by Crippen LogP contribution is -2.23. The predicted octanol–water partition coefficient (Wildman–Crippen LogP) is 5.43. The number of anilines is 3. The number of fused-ring (bicyclic) bond motifs is 1. The Morgan fingerprint density at radius 1 is 1.27 bits per heavy atom. The average Bonchev–Trinajstić information content (AvgIpc) is 3.13. The lowest BCUT2D eigenvalue weighted by molar-refractivity contribution is 0.103. The van der Waals surface area contributed by atoms with Gasteiger partial charge >= 0.3 is 0 Å². The summed E-state index contributed by atoms with van der Waals surface area (Å²) in [5.41, 5.74) is 1.44. The molecule has 4 rings (SSSR count). The van der Waals surface area contributed by atoms with Gasteiger partial charge in [0, 0.05) is 18.5 Å². The zero-order valence-electron chi connectivity index (χ0n) is 13.4. The minimum absolute atomic E-state index is 0.170. The van der Waals surface area contributed by atoms with Crippen LogP contribution in [0.2, 0.25) is 5.02 Å². The van der Waals surface area contributed by atoms with Crippen molar-refractivity contribution in [2.45, 2.75) is 5.03 Å². The lowest BCUT2D eigenvalue weighted by atomic mass is 10.3. The van der Waals surface area contributed by atoms with Crippen LogP contribution in [-0.2, 0) is 0 Å². The van der Waals surface area contributed by atoms with Gasteiger partial charge in [0.1, 0.15) is 10.8 Å². The number of thiophene rings is 1. The van der Waals surface area contributed by atoms with Gasteiger partial charge in [0.2, 0.25) is 0 Å². The summed E-state index contributed by atoms with van der Waals surface area (Å²) in [4.78, 5) is 19.6. The van der Waals surface area contributed by atoms with E-state index in [1.54, 1.807) is 24.0 Å². The van der Waals surface area contributed by atoms with E-state index < -0.39 is 5.82 Å². The van der Waals surface area contributed by atoms with Gasteiger partial charge in [-0.3, -0.25) is 4.79 Å². The number of benzene rings is 1. The van der Waals surface area contributed by atoms with Crippen molar-refractivity contribution in [1.82, 2.24) is 4.98 Å². The van der Waals surface area contributed by atoms with Crippen molar-refractivity contribution in [3.8, 4) is 0 Å². The minimum atomic E-state index is -0.443. The summed E-state index contributed by atoms with van der Waals surface area (Å²) >= 11 is 9.11. The Balaban J connectivity index is 1.56. The highest BCUT2D eigenvalue weighted by Gasteiger charge is 2.22. The summed E-state index contributed by atoms with van der Waals surface area (Å²) in [6.07, 6.45) is 1.79. The Bertz CT molecular complexity index is 979. The number of aromatic nitrogens is 1. The van der Waals surface area contributed by atoms with Crippen molar-refractivity contribution in [2.24, 2.45) is 0 Å². The van der Waals surface area contributed by atoms with Crippen LogP contribution in [0.4, 0.5) is 20.8 Å². The number of thioether (sulfide) groups is 1. The molecule has 0 atom stereocenters. The van der Waals surface area contributed by atoms with Gasteiger partial charge in [-0.2, -0.15) is 0 Å². The van der Waals surface area contributed by atoms with Crippen molar-refractivity contribution in [3.63, 3.8) is 0 Å². The molecule has 1 amide bonds. The van der Waals surface area contributed by atoms with E-state index >= 15 is 0 Å². The molecule has 0 saturated heterocycles. The number of amides is 1. The highest BCUT2D eigenvalue weighted by atomic mass is 35.5. The van der Waals surface area contributed by atoms with E-state index in [9.17, 15) is 9.18 Å². The monoisotopic (exact) mass is 405 g/mol. The van der Waals surface area contributed by atoms with Gasteiger partial charge in [-0.1, -0.05) is 11.6 Å². The third-order valence-electron chi connectivity index (χ3n) is 3.86. The second kappa shape index (κ2) is 7.26. The van der Waals surface area contributed by atoms with Crippen LogP contribution in [0, 0.1) is 5.82 Å². The molecule has 3 heterocycles. The maximum Gasteiger partial charge on any atom is 0.265 e. The second-order valence-electron chi connectivity index (χ2n) is 5.54. The van der Waals surface area contributed by atoms with E-state index in [1.807, 2.05) is 18.2 Å². The molecular formula is C18H13ClFN3OS2. The van der Waals surface area contributed by atoms with Crippen molar-refractivity contribution in [1.29, 1.82) is 0 Å². The Morgan fingerprint density at radius 3 is 3.00 bits per heavy atom. The van der Waals surface area contributed by atoms with Crippen LogP contribution in [0.25, 0.3) is 0 Å². The fraction of sp³-hybridized carbons (Fsp3) is 0.111. The van der Waals surface area contributed by atoms with Crippen molar-refractivity contribution >= 4 is 57.0 Å². The fourth-order valence-electron chi connectivity index (χ4n) is 2.65. The Morgan fingerprint density at radius 2 is 2.15 bits per heavy atom. The number of hydrogen-bond donors (Lipinski definition) is 1. The van der Waals surface area contributed by atoms with Gasteiger partial charge in [0.25, 0.3) is 5.91 Å². The zero-order chi connectivity index (χ0) is 18.1. The number of rotatable bonds is 3. The first-order valence-corrected chi connectivity index (χ1v) is 10.0. The normalized spacial score (nSPS) is 13.4. The van der Waals surface area contributed by atoms with Gasteiger partial charge in [-0.25, -0.2) is 9.37 Å². The van der Waals surface area contributed by atoms with E-state index in [2.05, 4.69) is 15.2 Å². The highest BCUT2D eigenvalue weighted by Crippen LogP contribution is 2.40. The topological polar surface area (TPSA) is 45.2 Å². The van der Waals surface area contributed by atoms with Crippen molar-refractivity contribution < 1.29 is 9.18 Å². The number of pyridine rings is 1. The molecule has 1 aromatic carbocycles. The smallest absolute Gasteiger partial charge is 0.265 e. The van der Waals surface area contributed by atoms with Crippen LogP contribution in [-0.4, -0.2) is 23.2 Å². The SMILES string of the molecule is O=C(Nc1ccc(F)cc1Cl)c1ccc(N2CCSc3ncccc32)s1. The van der Waals surface area contributed by atoms with Crippen LogP contribution in [0.5, 0.6) is 0 Å². The molecule has 132 valence electrons. The van der Waals surface area contributed by atoms with E-state index in [-0.39, 0.29) is 10.9 Å². The summed E-state index contributed by atoms with van der Waals surface area (Å²) in [5, 5.41) is 4.87. The molecule has 0 spiro atoms. The van der Waals surface area contributed by atoms with Crippen LogP contribution in [0.1, 0.15) is 9.67 Å². The standard InChI is InChI=1S/C18H13ClFN3OS2/c19-12-10-11(20)3-4-13(12)22-17(24)15-5-6-16(26-15)23-8-9-25-18-14(23)2-1-7-21-18/h1-7,10H,8-9H2,(H,22,24). The molecule has 26 heavy (non-hydrogen) atoms. The lowest BCUT2D eigenvalue weighted by Gasteiger charge is -2.28. The number of nitrogens with zero attached hydrogens (tertiary/aromatic N) is 2. The molecule has 0 bridgehead atoms. The molecule has 3 aromatic rings. The third-order valence-corrected chi connectivity index (χ3v) is 6.25. The molecule has 2 aromatic heterocycles. The molecule has 1 aliphatic rings. The number of nitrogens with one attached hydrogen (secondary N) is 1. The van der Waals surface area contributed by atoms with Crippen LogP contribution in [0.3, 0.4) is 0 Å². The number of hydrogen-bond acceptors (Lipinski definition) is 5. The maximum absolute atomic E-state index is 13.1. The van der Waals surface area contributed by atoms with Gasteiger partial charge in [-0.15, -0.1) is 23.1 Å². The van der Waals surface area contributed by atoms with E-state index in [4.69, 9.17) is 11.6 Å². The number of carbonyl (C=O) groups excluding carboxylic acids is 1. The van der Waals surface area contributed by atoms with E-state index in [0.717, 1.165) is 28.0 Å². The quantitative estimate of drug-likeness (QED) is 0.630. The average molecular weight is 406 g/mol. The number of halogens is 2. The van der Waals surface area contributed by atoms with Crippen molar-refractivity contribution in [2.75, 3.05) is 22.5 Å². The molecule has 0 radical (unpaired) electrons. The first-order valence-electron chi connectivity index (χ1n) is 7.83. The molecule has 0 fully saturated rings. The summed E-state index contributed by atoms with van der Waals surface area (Å²) < 4.78 is 13.1. The van der Waals surface area contributed by atoms with Gasteiger partial charge in [0.15, 0.2) is 0 Å². The van der Waals surface area contributed by atoms with Crippen LogP contribution >= 0.6 is 34.7 Å². The molecule has 0 unspecified atom stereocenters. The third kappa shape index (κ3) is 3.42.